The number of carbonyl (C=O) groups is 4. The average Bonchev–Trinajstić information content (AvgIpc) is 3.10. The molecule has 9 heteroatoms. The van der Waals surface area contributed by atoms with E-state index in [9.17, 15) is 19.2 Å². The van der Waals surface area contributed by atoms with Crippen molar-refractivity contribution in [2.75, 3.05) is 5.32 Å². The Labute approximate surface area is 225 Å². The smallest absolute Gasteiger partial charge is 0.338 e. The van der Waals surface area contributed by atoms with E-state index < -0.39 is 17.8 Å². The monoisotopic (exact) mass is 531 g/mol. The molecule has 0 aromatic heterocycles. The number of rotatable bonds is 9. The molecule has 0 fully saturated rings. The van der Waals surface area contributed by atoms with E-state index in [0.29, 0.717) is 16.8 Å². The number of halogens is 1. The van der Waals surface area contributed by atoms with Crippen molar-refractivity contribution in [3.8, 4) is 0 Å². The van der Waals surface area contributed by atoms with Crippen LogP contribution in [-0.4, -0.2) is 34.7 Å². The first-order valence-electron chi connectivity index (χ1n) is 12.0. The van der Waals surface area contributed by atoms with Crippen LogP contribution in [0.15, 0.2) is 89.6 Å². The molecular formula is C29H26ClN3O5. The van der Waals surface area contributed by atoms with Gasteiger partial charge in [0.1, 0.15) is 10.7 Å². The molecule has 0 saturated carbocycles. The van der Waals surface area contributed by atoms with Crippen LogP contribution in [-0.2, 0) is 27.4 Å². The second-order valence-corrected chi connectivity index (χ2v) is 9.29. The summed E-state index contributed by atoms with van der Waals surface area (Å²) in [5.74, 6) is -1.84. The summed E-state index contributed by atoms with van der Waals surface area (Å²) in [6.45, 7) is 3.89. The summed E-state index contributed by atoms with van der Waals surface area (Å²) in [6.07, 6.45) is -0.249. The topological polar surface area (TPSA) is 105 Å². The van der Waals surface area contributed by atoms with Crippen LogP contribution in [0.2, 0.25) is 0 Å². The van der Waals surface area contributed by atoms with Crippen LogP contribution >= 0.6 is 11.6 Å². The maximum Gasteiger partial charge on any atom is 0.338 e. The van der Waals surface area contributed by atoms with Gasteiger partial charge in [-0.15, -0.1) is 0 Å². The van der Waals surface area contributed by atoms with Crippen LogP contribution in [0.25, 0.3) is 0 Å². The van der Waals surface area contributed by atoms with E-state index in [0.717, 1.165) is 16.0 Å². The fraction of sp³-hybridized carbons (Fsp3) is 0.172. The molecule has 0 saturated heterocycles. The van der Waals surface area contributed by atoms with Crippen LogP contribution in [0.3, 0.4) is 0 Å². The number of hydrogen-bond donors (Lipinski definition) is 2. The fourth-order valence-electron chi connectivity index (χ4n) is 3.78. The highest BCUT2D eigenvalue weighted by Crippen LogP contribution is 2.24. The SMILES string of the molecule is CC(C)OC(=O)c1cccc(NC(=O)c2ccc(CNC3=C(Cl)C(=O)N(Cc4ccccc4)C3=O)cc2)c1. The van der Waals surface area contributed by atoms with Gasteiger partial charge in [-0.2, -0.15) is 0 Å². The quantitative estimate of drug-likeness (QED) is 0.308. The van der Waals surface area contributed by atoms with Gasteiger partial charge in [0.25, 0.3) is 17.7 Å². The van der Waals surface area contributed by atoms with Crippen LogP contribution in [0, 0.1) is 0 Å². The van der Waals surface area contributed by atoms with E-state index in [-0.39, 0.29) is 35.8 Å². The first kappa shape index (κ1) is 26.6. The average molecular weight is 532 g/mol. The molecule has 0 atom stereocenters. The van der Waals surface area contributed by atoms with E-state index in [1.165, 1.54) is 0 Å². The molecule has 4 rings (SSSR count). The van der Waals surface area contributed by atoms with Gasteiger partial charge >= 0.3 is 5.97 Å². The van der Waals surface area contributed by atoms with Crippen molar-refractivity contribution in [3.05, 3.63) is 112 Å². The molecule has 3 aromatic rings. The molecule has 8 nitrogen and oxygen atoms in total. The predicted molar refractivity (Wildman–Crippen MR) is 143 cm³/mol. The van der Waals surface area contributed by atoms with Gasteiger partial charge in [0.05, 0.1) is 18.2 Å². The van der Waals surface area contributed by atoms with E-state index in [1.54, 1.807) is 62.4 Å². The molecule has 194 valence electrons. The summed E-state index contributed by atoms with van der Waals surface area (Å²) in [5, 5.41) is 5.57. The third-order valence-electron chi connectivity index (χ3n) is 5.68. The fourth-order valence-corrected chi connectivity index (χ4v) is 4.03. The van der Waals surface area contributed by atoms with E-state index >= 15 is 0 Å². The molecule has 0 unspecified atom stereocenters. The van der Waals surface area contributed by atoms with Crippen molar-refractivity contribution < 1.29 is 23.9 Å². The molecule has 0 aliphatic carbocycles. The lowest BCUT2D eigenvalue weighted by atomic mass is 10.1. The van der Waals surface area contributed by atoms with Gasteiger partial charge in [0, 0.05) is 17.8 Å². The summed E-state index contributed by atoms with van der Waals surface area (Å²) < 4.78 is 5.19. The summed E-state index contributed by atoms with van der Waals surface area (Å²) in [7, 11) is 0. The molecule has 3 aromatic carbocycles. The second kappa shape index (κ2) is 11.7. The van der Waals surface area contributed by atoms with Crippen molar-refractivity contribution >= 4 is 41.0 Å². The molecule has 2 N–H and O–H groups in total. The van der Waals surface area contributed by atoms with Gasteiger partial charge in [-0.25, -0.2) is 4.79 Å². The normalized spacial score (nSPS) is 13.2. The van der Waals surface area contributed by atoms with Crippen LogP contribution < -0.4 is 10.6 Å². The molecule has 3 amide bonds. The first-order chi connectivity index (χ1) is 18.2. The molecule has 38 heavy (non-hydrogen) atoms. The molecule has 0 spiro atoms. The third-order valence-corrected chi connectivity index (χ3v) is 6.03. The molecular weight excluding hydrogens is 506 g/mol. The molecule has 1 aliphatic rings. The maximum atomic E-state index is 12.8. The van der Waals surface area contributed by atoms with E-state index in [1.807, 2.05) is 30.3 Å². The lowest BCUT2D eigenvalue weighted by Gasteiger charge is -2.15. The number of anilines is 1. The second-order valence-electron chi connectivity index (χ2n) is 8.91. The molecule has 1 aliphatic heterocycles. The highest BCUT2D eigenvalue weighted by molar-refractivity contribution is 6.47. The number of imide groups is 1. The Bertz CT molecular complexity index is 1400. The zero-order valence-corrected chi connectivity index (χ0v) is 21.6. The van der Waals surface area contributed by atoms with Crippen LogP contribution in [0.4, 0.5) is 5.69 Å². The van der Waals surface area contributed by atoms with Gasteiger partial charge in [0.15, 0.2) is 0 Å². The van der Waals surface area contributed by atoms with Crippen molar-refractivity contribution in [1.29, 1.82) is 0 Å². The first-order valence-corrected chi connectivity index (χ1v) is 12.4. The number of benzene rings is 3. The lowest BCUT2D eigenvalue weighted by molar-refractivity contribution is -0.138. The summed E-state index contributed by atoms with van der Waals surface area (Å²) in [4.78, 5) is 51.3. The van der Waals surface area contributed by atoms with Gasteiger partial charge in [0.2, 0.25) is 0 Å². The summed E-state index contributed by atoms with van der Waals surface area (Å²) in [5.41, 5.74) is 2.85. The van der Waals surface area contributed by atoms with Crippen molar-refractivity contribution in [3.63, 3.8) is 0 Å². The predicted octanol–water partition coefficient (Wildman–Crippen LogP) is 4.61. The molecule has 0 radical (unpaired) electrons. The zero-order valence-electron chi connectivity index (χ0n) is 20.9. The van der Waals surface area contributed by atoms with Crippen LogP contribution in [0.5, 0.6) is 0 Å². The van der Waals surface area contributed by atoms with Gasteiger partial charge in [-0.05, 0) is 55.3 Å². The minimum absolute atomic E-state index is 0.0466. The Morgan fingerprint density at radius 1 is 0.868 bits per heavy atom. The number of ether oxygens (including phenoxy) is 1. The maximum absolute atomic E-state index is 12.8. The number of carbonyl (C=O) groups excluding carboxylic acids is 4. The number of amides is 3. The number of nitrogens with zero attached hydrogens (tertiary/aromatic N) is 1. The third kappa shape index (κ3) is 6.27. The minimum Gasteiger partial charge on any atom is -0.459 e. The number of nitrogens with one attached hydrogen (secondary N) is 2. The number of esters is 1. The largest absolute Gasteiger partial charge is 0.459 e. The highest BCUT2D eigenvalue weighted by Gasteiger charge is 2.37. The summed E-state index contributed by atoms with van der Waals surface area (Å²) in [6, 6.07) is 22.4. The van der Waals surface area contributed by atoms with Gasteiger partial charge < -0.3 is 15.4 Å². The molecule has 0 bridgehead atoms. The van der Waals surface area contributed by atoms with Gasteiger partial charge in [-0.3, -0.25) is 19.3 Å². The number of hydrogen-bond acceptors (Lipinski definition) is 6. The molecule has 1 heterocycles. The van der Waals surface area contributed by atoms with E-state index in [2.05, 4.69) is 10.6 Å². The highest BCUT2D eigenvalue weighted by atomic mass is 35.5. The standard InChI is InChI=1S/C29H26ClN3O5/c1-18(2)38-29(37)22-9-6-10-23(15-22)32-26(34)21-13-11-19(12-14-21)16-31-25-24(30)27(35)33(28(25)36)17-20-7-4-3-5-8-20/h3-15,18,31H,16-17H2,1-2H3,(H,32,34). The lowest BCUT2D eigenvalue weighted by Crippen LogP contribution is -2.33. The van der Waals surface area contributed by atoms with Gasteiger partial charge in [-0.1, -0.05) is 60.1 Å². The van der Waals surface area contributed by atoms with Crippen molar-refractivity contribution in [2.24, 2.45) is 0 Å². The van der Waals surface area contributed by atoms with Crippen molar-refractivity contribution in [1.82, 2.24) is 10.2 Å². The Kier molecular flexibility index (Phi) is 8.23. The van der Waals surface area contributed by atoms with E-state index in [4.69, 9.17) is 16.3 Å². The Hall–Kier alpha value is -4.43. The van der Waals surface area contributed by atoms with Crippen molar-refractivity contribution in [2.45, 2.75) is 33.0 Å². The Morgan fingerprint density at radius 3 is 2.26 bits per heavy atom. The minimum atomic E-state index is -0.545. The summed E-state index contributed by atoms with van der Waals surface area (Å²) >= 11 is 6.17. The Morgan fingerprint density at radius 2 is 1.58 bits per heavy atom. The Balaban J connectivity index is 1.35. The zero-order chi connectivity index (χ0) is 27.2. The van der Waals surface area contributed by atoms with Crippen LogP contribution in [0.1, 0.15) is 45.7 Å².